The van der Waals surface area contributed by atoms with Gasteiger partial charge in [-0.2, -0.15) is 10.2 Å². The molecule has 4 amide bonds. The second-order valence-electron chi connectivity index (χ2n) is 5.46. The van der Waals surface area contributed by atoms with Crippen LogP contribution >= 0.6 is 0 Å². The lowest BCUT2D eigenvalue weighted by Gasteiger charge is -2.27. The molecule has 1 fully saturated rings. The van der Waals surface area contributed by atoms with E-state index in [1.807, 2.05) is 0 Å². The molecular formula is C15H10N4O4. The Kier molecular flexibility index (Phi) is 2.74. The van der Waals surface area contributed by atoms with E-state index in [1.54, 1.807) is 12.1 Å². The minimum Gasteiger partial charge on any atom is -0.295 e. The number of nitrogens with one attached hydrogen (secondary N) is 1. The summed E-state index contributed by atoms with van der Waals surface area (Å²) in [6.07, 6.45) is 3.24. The first-order valence-corrected chi connectivity index (χ1v) is 7.02. The number of aromatic nitrogens is 2. The van der Waals surface area contributed by atoms with Crippen LogP contribution in [0.1, 0.15) is 33.6 Å². The molecule has 0 aliphatic carbocycles. The lowest BCUT2D eigenvalue weighted by atomic mass is 10.0. The number of hydrogen-bond acceptors (Lipinski definition) is 6. The molecule has 1 aromatic heterocycles. The topological polar surface area (TPSA) is 109 Å². The Hall–Kier alpha value is -3.16. The van der Waals surface area contributed by atoms with Crippen LogP contribution in [-0.2, 0) is 9.59 Å². The van der Waals surface area contributed by atoms with Crippen molar-refractivity contribution in [3.05, 3.63) is 35.7 Å². The van der Waals surface area contributed by atoms with Crippen molar-refractivity contribution in [2.75, 3.05) is 0 Å². The van der Waals surface area contributed by atoms with Gasteiger partial charge in [0, 0.05) is 17.2 Å². The molecule has 0 spiro atoms. The fraction of sp³-hybridized carbons (Fsp3) is 0.200. The monoisotopic (exact) mass is 310 g/mol. The summed E-state index contributed by atoms with van der Waals surface area (Å²) in [5.41, 5.74) is 0.473. The van der Waals surface area contributed by atoms with E-state index < -0.39 is 29.7 Å². The first kappa shape index (κ1) is 13.5. The molecule has 1 saturated heterocycles. The summed E-state index contributed by atoms with van der Waals surface area (Å²) in [7, 11) is 0. The third kappa shape index (κ3) is 1.91. The number of nitrogens with zero attached hydrogens (tertiary/aromatic N) is 3. The van der Waals surface area contributed by atoms with Crippen molar-refractivity contribution in [2.24, 2.45) is 0 Å². The van der Waals surface area contributed by atoms with Gasteiger partial charge in [0.15, 0.2) is 0 Å². The molecule has 4 rings (SSSR count). The van der Waals surface area contributed by atoms with Crippen LogP contribution in [0.2, 0.25) is 0 Å². The normalized spacial score (nSPS) is 20.9. The highest BCUT2D eigenvalue weighted by atomic mass is 16.2. The van der Waals surface area contributed by atoms with E-state index in [9.17, 15) is 19.2 Å². The van der Waals surface area contributed by atoms with Gasteiger partial charge in [0.2, 0.25) is 11.8 Å². The molecule has 0 saturated carbocycles. The van der Waals surface area contributed by atoms with Crippen LogP contribution in [0.3, 0.4) is 0 Å². The summed E-state index contributed by atoms with van der Waals surface area (Å²) < 4.78 is 0. The molecule has 23 heavy (non-hydrogen) atoms. The summed E-state index contributed by atoms with van der Waals surface area (Å²) >= 11 is 0. The number of imide groups is 2. The van der Waals surface area contributed by atoms with Gasteiger partial charge < -0.3 is 0 Å². The van der Waals surface area contributed by atoms with Crippen molar-refractivity contribution in [3.63, 3.8) is 0 Å². The molecule has 8 nitrogen and oxygen atoms in total. The van der Waals surface area contributed by atoms with E-state index >= 15 is 0 Å². The van der Waals surface area contributed by atoms with E-state index in [0.29, 0.717) is 10.8 Å². The zero-order valence-electron chi connectivity index (χ0n) is 11.8. The highest BCUT2D eigenvalue weighted by Crippen LogP contribution is 2.30. The maximum atomic E-state index is 12.6. The van der Waals surface area contributed by atoms with Gasteiger partial charge in [-0.1, -0.05) is 0 Å². The third-order valence-corrected chi connectivity index (χ3v) is 4.10. The van der Waals surface area contributed by atoms with E-state index in [1.165, 1.54) is 12.4 Å². The fourth-order valence-electron chi connectivity index (χ4n) is 2.97. The minimum absolute atomic E-state index is 0.0969. The number of amides is 4. The Bertz CT molecular complexity index is 853. The quantitative estimate of drug-likeness (QED) is 0.744. The van der Waals surface area contributed by atoms with E-state index in [0.717, 1.165) is 4.90 Å². The molecular weight excluding hydrogens is 300 g/mol. The van der Waals surface area contributed by atoms with Crippen LogP contribution in [0.4, 0.5) is 0 Å². The van der Waals surface area contributed by atoms with Gasteiger partial charge in [0.25, 0.3) is 11.8 Å². The van der Waals surface area contributed by atoms with Crippen molar-refractivity contribution >= 4 is 34.4 Å². The molecule has 1 N–H and O–H groups in total. The number of rotatable bonds is 1. The second-order valence-corrected chi connectivity index (χ2v) is 5.46. The average molecular weight is 310 g/mol. The Morgan fingerprint density at radius 2 is 1.52 bits per heavy atom. The Balaban J connectivity index is 1.78. The minimum atomic E-state index is -0.959. The highest BCUT2D eigenvalue weighted by molar-refractivity contribution is 6.24. The Labute approximate surface area is 129 Å². The van der Waals surface area contributed by atoms with Crippen molar-refractivity contribution in [1.82, 2.24) is 20.4 Å². The van der Waals surface area contributed by atoms with Crippen molar-refractivity contribution in [2.45, 2.75) is 18.9 Å². The van der Waals surface area contributed by atoms with Gasteiger partial charge in [-0.25, -0.2) is 0 Å². The molecule has 8 heteroatoms. The van der Waals surface area contributed by atoms with Crippen LogP contribution in [0.15, 0.2) is 24.5 Å². The van der Waals surface area contributed by atoms with Gasteiger partial charge in [0.05, 0.1) is 23.5 Å². The van der Waals surface area contributed by atoms with Crippen LogP contribution in [0, 0.1) is 0 Å². The zero-order valence-corrected chi connectivity index (χ0v) is 11.8. The Morgan fingerprint density at radius 3 is 2.04 bits per heavy atom. The van der Waals surface area contributed by atoms with Crippen molar-refractivity contribution in [3.8, 4) is 0 Å². The summed E-state index contributed by atoms with van der Waals surface area (Å²) in [5.74, 6) is -2.08. The molecule has 2 aliphatic rings. The zero-order chi connectivity index (χ0) is 16.1. The van der Waals surface area contributed by atoms with Crippen molar-refractivity contribution < 1.29 is 19.2 Å². The van der Waals surface area contributed by atoms with Crippen LogP contribution in [0.25, 0.3) is 10.8 Å². The van der Waals surface area contributed by atoms with E-state index in [4.69, 9.17) is 0 Å². The largest absolute Gasteiger partial charge is 0.295 e. The van der Waals surface area contributed by atoms with Crippen LogP contribution in [-0.4, -0.2) is 44.8 Å². The maximum absolute atomic E-state index is 12.6. The third-order valence-electron chi connectivity index (χ3n) is 4.10. The number of carbonyl (C=O) groups excluding carboxylic acids is 4. The lowest BCUT2D eigenvalue weighted by Crippen LogP contribution is -2.54. The standard InChI is InChI=1S/C15H10N4O4/c20-12-2-1-11(13(21)18-12)19-14(22)9-3-7-5-16-17-6-8(7)4-10(9)15(19)23/h3-6,11H,1-2H2,(H,18,20,21). The number of hydrogen-bond donors (Lipinski definition) is 1. The number of benzene rings is 1. The average Bonchev–Trinajstić information content (AvgIpc) is 2.77. The van der Waals surface area contributed by atoms with E-state index in [-0.39, 0.29) is 24.0 Å². The summed E-state index contributed by atoms with van der Waals surface area (Å²) in [6, 6.07) is 2.19. The van der Waals surface area contributed by atoms with Gasteiger partial charge in [0.1, 0.15) is 6.04 Å². The maximum Gasteiger partial charge on any atom is 0.262 e. The second kappa shape index (κ2) is 4.67. The molecule has 3 heterocycles. The lowest BCUT2D eigenvalue weighted by molar-refractivity contribution is -0.136. The van der Waals surface area contributed by atoms with Gasteiger partial charge in [-0.15, -0.1) is 0 Å². The van der Waals surface area contributed by atoms with E-state index in [2.05, 4.69) is 15.5 Å². The molecule has 114 valence electrons. The summed E-state index contributed by atoms with van der Waals surface area (Å²) in [6.45, 7) is 0. The van der Waals surface area contributed by atoms with Gasteiger partial charge in [-0.05, 0) is 18.6 Å². The number of fused-ring (bicyclic) bond motifs is 2. The SMILES string of the molecule is O=C1CCC(N2C(=O)c3cc4cnncc4cc3C2=O)C(=O)N1. The molecule has 0 bridgehead atoms. The molecule has 1 atom stereocenters. The van der Waals surface area contributed by atoms with Gasteiger partial charge in [-0.3, -0.25) is 29.4 Å². The molecule has 2 aromatic rings. The molecule has 2 aliphatic heterocycles. The first-order valence-electron chi connectivity index (χ1n) is 7.02. The smallest absolute Gasteiger partial charge is 0.262 e. The highest BCUT2D eigenvalue weighted by Gasteiger charge is 2.44. The predicted molar refractivity (Wildman–Crippen MR) is 76.2 cm³/mol. The number of carbonyl (C=O) groups is 4. The summed E-state index contributed by atoms with van der Waals surface area (Å²) in [5, 5.41) is 11.0. The first-order chi connectivity index (χ1) is 11.1. The summed E-state index contributed by atoms with van der Waals surface area (Å²) in [4.78, 5) is 49.3. The fourth-order valence-corrected chi connectivity index (χ4v) is 2.97. The van der Waals surface area contributed by atoms with Crippen LogP contribution < -0.4 is 5.32 Å². The van der Waals surface area contributed by atoms with Crippen LogP contribution in [0.5, 0.6) is 0 Å². The molecule has 1 unspecified atom stereocenters. The predicted octanol–water partition coefficient (Wildman–Crippen LogP) is 0.0310. The molecule has 1 aromatic carbocycles. The molecule has 0 radical (unpaired) electrons. The Morgan fingerprint density at radius 1 is 0.957 bits per heavy atom. The number of piperidine rings is 1. The van der Waals surface area contributed by atoms with Gasteiger partial charge >= 0.3 is 0 Å². The van der Waals surface area contributed by atoms with Crippen molar-refractivity contribution in [1.29, 1.82) is 0 Å².